The molecule has 0 saturated carbocycles. The second kappa shape index (κ2) is 5.95. The zero-order chi connectivity index (χ0) is 12.9. The Morgan fingerprint density at radius 2 is 1.89 bits per heavy atom. The first-order chi connectivity index (χ1) is 9.43. The fourth-order valence-electron chi connectivity index (χ4n) is 2.66. The number of benzene rings is 1. The number of nitrogens with one attached hydrogen (secondary N) is 1. The summed E-state index contributed by atoms with van der Waals surface area (Å²) in [6.07, 6.45) is 3.74. The van der Waals surface area contributed by atoms with E-state index in [0.29, 0.717) is 6.04 Å². The fraction of sp³-hybridized carbons (Fsp3) is 0.312. The Morgan fingerprint density at radius 3 is 2.68 bits per heavy atom. The van der Waals surface area contributed by atoms with Crippen LogP contribution in [0.5, 0.6) is 0 Å². The number of hydrogen-bond acceptors (Lipinski definition) is 3. The van der Waals surface area contributed by atoms with Crippen LogP contribution in [-0.2, 0) is 6.54 Å². The van der Waals surface area contributed by atoms with E-state index >= 15 is 0 Å². The molecular weight excluding hydrogens is 234 g/mol. The highest BCUT2D eigenvalue weighted by Crippen LogP contribution is 2.23. The number of piperazine rings is 1. The van der Waals surface area contributed by atoms with Crippen LogP contribution in [0.4, 0.5) is 0 Å². The van der Waals surface area contributed by atoms with Crippen LogP contribution in [-0.4, -0.2) is 29.5 Å². The maximum Gasteiger partial charge on any atom is 0.0476 e. The lowest BCUT2D eigenvalue weighted by Crippen LogP contribution is -2.45. The molecule has 0 unspecified atom stereocenters. The molecule has 1 fully saturated rings. The smallest absolute Gasteiger partial charge is 0.0476 e. The van der Waals surface area contributed by atoms with Crippen LogP contribution in [0.15, 0.2) is 54.9 Å². The summed E-state index contributed by atoms with van der Waals surface area (Å²) in [5.41, 5.74) is 2.72. The van der Waals surface area contributed by atoms with Crippen molar-refractivity contribution in [2.45, 2.75) is 12.6 Å². The molecule has 19 heavy (non-hydrogen) atoms. The maximum absolute atomic E-state index is 4.08. The molecule has 1 aromatic carbocycles. The Labute approximate surface area is 114 Å². The van der Waals surface area contributed by atoms with Crippen LogP contribution in [0, 0.1) is 0 Å². The molecule has 0 amide bonds. The first-order valence-corrected chi connectivity index (χ1v) is 6.82. The highest BCUT2D eigenvalue weighted by molar-refractivity contribution is 5.21. The molecule has 1 atom stereocenters. The van der Waals surface area contributed by atoms with Crippen LogP contribution >= 0.6 is 0 Å². The third-order valence-corrected chi connectivity index (χ3v) is 3.67. The second-order valence-corrected chi connectivity index (χ2v) is 4.96. The fourth-order valence-corrected chi connectivity index (χ4v) is 2.66. The molecule has 3 rings (SSSR count). The van der Waals surface area contributed by atoms with Crippen LogP contribution in [0.3, 0.4) is 0 Å². The summed E-state index contributed by atoms with van der Waals surface area (Å²) in [6, 6.07) is 15.4. The lowest BCUT2D eigenvalue weighted by atomic mass is 10.0. The number of aromatic nitrogens is 1. The predicted molar refractivity (Wildman–Crippen MR) is 76.7 cm³/mol. The Morgan fingerprint density at radius 1 is 1.11 bits per heavy atom. The summed E-state index contributed by atoms with van der Waals surface area (Å²) >= 11 is 0. The van der Waals surface area contributed by atoms with Gasteiger partial charge in [0, 0.05) is 44.6 Å². The number of nitrogens with zero attached hydrogens (tertiary/aromatic N) is 2. The van der Waals surface area contributed by atoms with E-state index in [1.807, 2.05) is 12.4 Å². The first-order valence-electron chi connectivity index (χ1n) is 6.82. The lowest BCUT2D eigenvalue weighted by Gasteiger charge is -2.36. The van der Waals surface area contributed by atoms with Gasteiger partial charge >= 0.3 is 0 Å². The Hall–Kier alpha value is -1.71. The van der Waals surface area contributed by atoms with Crippen LogP contribution < -0.4 is 5.32 Å². The number of pyridine rings is 1. The van der Waals surface area contributed by atoms with E-state index in [0.717, 1.165) is 26.2 Å². The van der Waals surface area contributed by atoms with Crippen molar-refractivity contribution >= 4 is 0 Å². The molecule has 3 heteroatoms. The van der Waals surface area contributed by atoms with Crippen molar-refractivity contribution in [3.63, 3.8) is 0 Å². The van der Waals surface area contributed by atoms with E-state index in [9.17, 15) is 0 Å². The normalized spacial score (nSPS) is 20.3. The first kappa shape index (κ1) is 12.3. The minimum absolute atomic E-state index is 0.461. The van der Waals surface area contributed by atoms with Gasteiger partial charge in [-0.25, -0.2) is 0 Å². The zero-order valence-electron chi connectivity index (χ0n) is 11.0. The van der Waals surface area contributed by atoms with Gasteiger partial charge in [-0.3, -0.25) is 9.88 Å². The van der Waals surface area contributed by atoms with Crippen molar-refractivity contribution in [3.05, 3.63) is 66.0 Å². The molecule has 1 saturated heterocycles. The summed E-state index contributed by atoms with van der Waals surface area (Å²) in [4.78, 5) is 6.63. The van der Waals surface area contributed by atoms with Gasteiger partial charge in [0.05, 0.1) is 0 Å². The lowest BCUT2D eigenvalue weighted by molar-refractivity contribution is 0.153. The molecule has 0 aliphatic carbocycles. The third-order valence-electron chi connectivity index (χ3n) is 3.67. The Kier molecular flexibility index (Phi) is 3.86. The van der Waals surface area contributed by atoms with Crippen molar-refractivity contribution in [3.8, 4) is 0 Å². The Bertz CT molecular complexity index is 498. The van der Waals surface area contributed by atoms with Crippen LogP contribution in [0.1, 0.15) is 17.2 Å². The van der Waals surface area contributed by atoms with Gasteiger partial charge in [-0.05, 0) is 23.3 Å². The summed E-state index contributed by atoms with van der Waals surface area (Å²) in [6.45, 7) is 4.16. The quantitative estimate of drug-likeness (QED) is 0.909. The predicted octanol–water partition coefficient (Wildman–Crippen LogP) is 2.23. The summed E-state index contributed by atoms with van der Waals surface area (Å²) < 4.78 is 0. The van der Waals surface area contributed by atoms with Crippen molar-refractivity contribution < 1.29 is 0 Å². The topological polar surface area (TPSA) is 28.2 Å². The van der Waals surface area contributed by atoms with Crippen LogP contribution in [0.25, 0.3) is 0 Å². The molecule has 98 valence electrons. The minimum Gasteiger partial charge on any atom is -0.314 e. The minimum atomic E-state index is 0.461. The molecule has 1 aliphatic rings. The van der Waals surface area contributed by atoms with E-state index in [1.165, 1.54) is 11.1 Å². The molecule has 1 aliphatic heterocycles. The van der Waals surface area contributed by atoms with Crippen LogP contribution in [0.2, 0.25) is 0 Å². The van der Waals surface area contributed by atoms with Gasteiger partial charge in [0.15, 0.2) is 0 Å². The van der Waals surface area contributed by atoms with Gasteiger partial charge in [-0.2, -0.15) is 0 Å². The van der Waals surface area contributed by atoms with Gasteiger partial charge in [0.25, 0.3) is 0 Å². The molecule has 0 bridgehead atoms. The van der Waals surface area contributed by atoms with Crippen molar-refractivity contribution in [2.75, 3.05) is 19.6 Å². The average Bonchev–Trinajstić information content (AvgIpc) is 2.50. The summed E-state index contributed by atoms with van der Waals surface area (Å²) in [5, 5.41) is 3.50. The number of hydrogen-bond donors (Lipinski definition) is 1. The molecule has 2 aromatic rings. The zero-order valence-corrected chi connectivity index (χ0v) is 11.0. The van der Waals surface area contributed by atoms with E-state index in [2.05, 4.69) is 57.7 Å². The molecule has 3 nitrogen and oxygen atoms in total. The summed E-state index contributed by atoms with van der Waals surface area (Å²) in [5.74, 6) is 0. The maximum atomic E-state index is 4.08. The molecule has 2 heterocycles. The van der Waals surface area contributed by atoms with Crippen molar-refractivity contribution in [1.82, 2.24) is 15.2 Å². The van der Waals surface area contributed by atoms with Gasteiger partial charge in [0.1, 0.15) is 0 Å². The van der Waals surface area contributed by atoms with E-state index in [1.54, 1.807) is 0 Å². The highest BCUT2D eigenvalue weighted by atomic mass is 15.2. The third kappa shape index (κ3) is 3.00. The van der Waals surface area contributed by atoms with Gasteiger partial charge < -0.3 is 5.32 Å². The van der Waals surface area contributed by atoms with E-state index in [4.69, 9.17) is 0 Å². The number of rotatable bonds is 3. The largest absolute Gasteiger partial charge is 0.314 e. The SMILES string of the molecule is c1ccc([C@H]2CNCCN2Cc2ccncc2)cc1. The second-order valence-electron chi connectivity index (χ2n) is 4.96. The van der Waals surface area contributed by atoms with Gasteiger partial charge in [-0.15, -0.1) is 0 Å². The van der Waals surface area contributed by atoms with E-state index < -0.39 is 0 Å². The highest BCUT2D eigenvalue weighted by Gasteiger charge is 2.23. The van der Waals surface area contributed by atoms with Gasteiger partial charge in [-0.1, -0.05) is 30.3 Å². The molecule has 0 radical (unpaired) electrons. The monoisotopic (exact) mass is 253 g/mol. The Balaban J connectivity index is 1.78. The van der Waals surface area contributed by atoms with E-state index in [-0.39, 0.29) is 0 Å². The average molecular weight is 253 g/mol. The van der Waals surface area contributed by atoms with Crippen molar-refractivity contribution in [2.24, 2.45) is 0 Å². The molecular formula is C16H19N3. The molecule has 1 N–H and O–H groups in total. The molecule has 0 spiro atoms. The summed E-state index contributed by atoms with van der Waals surface area (Å²) in [7, 11) is 0. The molecule has 1 aromatic heterocycles. The van der Waals surface area contributed by atoms with Gasteiger partial charge in [0.2, 0.25) is 0 Å². The standard InChI is InChI=1S/C16H19N3/c1-2-4-15(5-3-1)16-12-18-10-11-19(16)13-14-6-8-17-9-7-14/h1-9,16,18H,10-13H2/t16-/m1/s1. The van der Waals surface area contributed by atoms with Crippen molar-refractivity contribution in [1.29, 1.82) is 0 Å².